The summed E-state index contributed by atoms with van der Waals surface area (Å²) in [7, 11) is 0. The lowest BCUT2D eigenvalue weighted by Crippen LogP contribution is -2.10. The van der Waals surface area contributed by atoms with Gasteiger partial charge in [0.05, 0.1) is 0 Å². The van der Waals surface area contributed by atoms with Crippen molar-refractivity contribution in [1.82, 2.24) is 9.97 Å². The fraction of sp³-hybridized carbons (Fsp3) is 0.105. The number of carboxylic acid groups (broad SMARTS) is 1. The number of aromatic carboxylic acids is 1. The van der Waals surface area contributed by atoms with E-state index in [1.807, 2.05) is 61.5 Å². The number of hydrogen-bond donors (Lipinski definition) is 2. The molecule has 2 N–H and O–H groups in total. The molecule has 0 saturated carbocycles. The standard InChI is InChI=1S/C19H17N3O3/c1-13-7-5-6-10-16(13)25-12-17-20-11-15(19(23)24)18(22-17)21-14-8-3-2-4-9-14/h2-11H,12H2,1H3,(H,23,24)(H,20,21,22). The van der Waals surface area contributed by atoms with Crippen molar-refractivity contribution in [2.75, 3.05) is 5.32 Å². The van der Waals surface area contributed by atoms with E-state index in [0.717, 1.165) is 17.0 Å². The number of rotatable bonds is 6. The number of nitrogens with zero attached hydrogens (tertiary/aromatic N) is 2. The smallest absolute Gasteiger partial charge is 0.341 e. The maximum absolute atomic E-state index is 11.4. The summed E-state index contributed by atoms with van der Waals surface area (Å²) in [6.07, 6.45) is 1.29. The molecule has 6 heteroatoms. The minimum absolute atomic E-state index is 0.00324. The minimum Gasteiger partial charge on any atom is -0.485 e. The SMILES string of the molecule is Cc1ccccc1OCc1ncc(C(=O)O)c(Nc2ccccc2)n1. The molecular formula is C19H17N3O3. The molecule has 25 heavy (non-hydrogen) atoms. The van der Waals surface area contributed by atoms with Gasteiger partial charge in [0.2, 0.25) is 0 Å². The van der Waals surface area contributed by atoms with Gasteiger partial charge in [0, 0.05) is 11.9 Å². The number of carboxylic acids is 1. The normalized spacial score (nSPS) is 10.3. The van der Waals surface area contributed by atoms with E-state index in [2.05, 4.69) is 15.3 Å². The van der Waals surface area contributed by atoms with Gasteiger partial charge in [-0.1, -0.05) is 36.4 Å². The summed E-state index contributed by atoms with van der Waals surface area (Å²) >= 11 is 0. The monoisotopic (exact) mass is 335 g/mol. The molecule has 0 atom stereocenters. The van der Waals surface area contributed by atoms with Crippen LogP contribution in [0.5, 0.6) is 5.75 Å². The van der Waals surface area contributed by atoms with Crippen LogP contribution in [0.4, 0.5) is 11.5 Å². The van der Waals surface area contributed by atoms with Gasteiger partial charge in [-0.3, -0.25) is 0 Å². The van der Waals surface area contributed by atoms with E-state index in [-0.39, 0.29) is 18.0 Å². The third-order valence-electron chi connectivity index (χ3n) is 3.56. The highest BCUT2D eigenvalue weighted by molar-refractivity contribution is 5.93. The van der Waals surface area contributed by atoms with E-state index < -0.39 is 5.97 Å². The molecule has 0 saturated heterocycles. The second kappa shape index (κ2) is 7.44. The molecule has 0 aliphatic heterocycles. The van der Waals surface area contributed by atoms with Gasteiger partial charge in [0.25, 0.3) is 0 Å². The molecule has 3 rings (SSSR count). The van der Waals surface area contributed by atoms with Crippen molar-refractivity contribution in [2.45, 2.75) is 13.5 Å². The lowest BCUT2D eigenvalue weighted by atomic mass is 10.2. The molecule has 0 aliphatic carbocycles. The van der Waals surface area contributed by atoms with E-state index in [1.54, 1.807) is 0 Å². The van der Waals surface area contributed by atoms with Gasteiger partial charge in [0.15, 0.2) is 5.82 Å². The molecule has 6 nitrogen and oxygen atoms in total. The Labute approximate surface area is 145 Å². The second-order valence-corrected chi connectivity index (χ2v) is 5.40. The predicted molar refractivity (Wildman–Crippen MR) is 94.2 cm³/mol. The molecule has 0 radical (unpaired) electrons. The molecular weight excluding hydrogens is 318 g/mol. The van der Waals surface area contributed by atoms with E-state index in [1.165, 1.54) is 6.20 Å². The van der Waals surface area contributed by atoms with Gasteiger partial charge in [0.1, 0.15) is 23.7 Å². The van der Waals surface area contributed by atoms with E-state index in [9.17, 15) is 9.90 Å². The van der Waals surface area contributed by atoms with Crippen molar-refractivity contribution in [3.8, 4) is 5.75 Å². The van der Waals surface area contributed by atoms with Crippen LogP contribution in [-0.2, 0) is 6.61 Å². The number of nitrogens with one attached hydrogen (secondary N) is 1. The first-order valence-corrected chi connectivity index (χ1v) is 7.73. The van der Waals surface area contributed by atoms with Gasteiger partial charge in [-0.05, 0) is 30.7 Å². The number of benzene rings is 2. The zero-order valence-electron chi connectivity index (χ0n) is 13.6. The quantitative estimate of drug-likeness (QED) is 0.713. The Morgan fingerprint density at radius 3 is 2.56 bits per heavy atom. The molecule has 0 spiro atoms. The topological polar surface area (TPSA) is 84.3 Å². The van der Waals surface area contributed by atoms with Crippen LogP contribution in [0.15, 0.2) is 60.8 Å². The van der Waals surface area contributed by atoms with Crippen LogP contribution in [0, 0.1) is 6.92 Å². The summed E-state index contributed by atoms with van der Waals surface area (Å²) in [5.41, 5.74) is 1.75. The largest absolute Gasteiger partial charge is 0.485 e. The summed E-state index contributed by atoms with van der Waals surface area (Å²) in [5, 5.41) is 12.3. The van der Waals surface area contributed by atoms with Crippen LogP contribution in [0.25, 0.3) is 0 Å². The van der Waals surface area contributed by atoms with Gasteiger partial charge >= 0.3 is 5.97 Å². The first kappa shape index (κ1) is 16.4. The predicted octanol–water partition coefficient (Wildman–Crippen LogP) is 3.81. The van der Waals surface area contributed by atoms with Crippen molar-refractivity contribution in [2.24, 2.45) is 0 Å². The Morgan fingerprint density at radius 2 is 1.84 bits per heavy atom. The number of hydrogen-bond acceptors (Lipinski definition) is 5. The van der Waals surface area contributed by atoms with Crippen LogP contribution in [-0.4, -0.2) is 21.0 Å². The van der Waals surface area contributed by atoms with Crippen LogP contribution in [0.1, 0.15) is 21.7 Å². The Morgan fingerprint density at radius 1 is 1.12 bits per heavy atom. The fourth-order valence-corrected chi connectivity index (χ4v) is 2.26. The van der Waals surface area contributed by atoms with E-state index >= 15 is 0 Å². The first-order valence-electron chi connectivity index (χ1n) is 7.73. The molecule has 0 fully saturated rings. The van der Waals surface area contributed by atoms with Crippen LogP contribution in [0.3, 0.4) is 0 Å². The Balaban J connectivity index is 1.82. The molecule has 0 bridgehead atoms. The van der Waals surface area contributed by atoms with Crippen LogP contribution in [0.2, 0.25) is 0 Å². The molecule has 0 aliphatic rings. The summed E-state index contributed by atoms with van der Waals surface area (Å²) in [6.45, 7) is 2.10. The number of ether oxygens (including phenoxy) is 1. The summed E-state index contributed by atoms with van der Waals surface area (Å²) in [5.74, 6) is 0.277. The molecule has 1 heterocycles. The molecule has 0 amide bonds. The van der Waals surface area contributed by atoms with Gasteiger partial charge in [-0.15, -0.1) is 0 Å². The maximum Gasteiger partial charge on any atom is 0.341 e. The number of aryl methyl sites for hydroxylation is 1. The summed E-state index contributed by atoms with van der Waals surface area (Å²) in [4.78, 5) is 19.8. The lowest BCUT2D eigenvalue weighted by molar-refractivity contribution is 0.0697. The van der Waals surface area contributed by atoms with Gasteiger partial charge < -0.3 is 15.2 Å². The highest BCUT2D eigenvalue weighted by Gasteiger charge is 2.14. The van der Waals surface area contributed by atoms with Crippen LogP contribution < -0.4 is 10.1 Å². The van der Waals surface area contributed by atoms with Crippen LogP contribution >= 0.6 is 0 Å². The average Bonchev–Trinajstić information content (AvgIpc) is 2.62. The number of para-hydroxylation sites is 2. The van der Waals surface area contributed by atoms with Crippen molar-refractivity contribution in [3.05, 3.63) is 77.7 Å². The van der Waals surface area contributed by atoms with Crippen molar-refractivity contribution < 1.29 is 14.6 Å². The molecule has 126 valence electrons. The molecule has 2 aromatic carbocycles. The first-order chi connectivity index (χ1) is 12.1. The second-order valence-electron chi connectivity index (χ2n) is 5.40. The molecule has 1 aromatic heterocycles. The Bertz CT molecular complexity index is 882. The van der Waals surface area contributed by atoms with E-state index in [4.69, 9.17) is 4.74 Å². The number of anilines is 2. The summed E-state index contributed by atoms with van der Waals surface area (Å²) in [6, 6.07) is 16.9. The van der Waals surface area contributed by atoms with Gasteiger partial charge in [-0.2, -0.15) is 0 Å². The zero-order chi connectivity index (χ0) is 17.6. The molecule has 0 unspecified atom stereocenters. The van der Waals surface area contributed by atoms with Gasteiger partial charge in [-0.25, -0.2) is 14.8 Å². The number of aromatic nitrogens is 2. The highest BCUT2D eigenvalue weighted by atomic mass is 16.5. The highest BCUT2D eigenvalue weighted by Crippen LogP contribution is 2.20. The third-order valence-corrected chi connectivity index (χ3v) is 3.56. The Kier molecular flexibility index (Phi) is 4.89. The average molecular weight is 335 g/mol. The molecule has 3 aromatic rings. The minimum atomic E-state index is -1.09. The maximum atomic E-state index is 11.4. The third kappa shape index (κ3) is 4.11. The van der Waals surface area contributed by atoms with Crippen molar-refractivity contribution in [3.63, 3.8) is 0 Å². The van der Waals surface area contributed by atoms with Crippen molar-refractivity contribution >= 4 is 17.5 Å². The number of carbonyl (C=O) groups is 1. The van der Waals surface area contributed by atoms with Crippen molar-refractivity contribution in [1.29, 1.82) is 0 Å². The Hall–Kier alpha value is -3.41. The summed E-state index contributed by atoms with van der Waals surface area (Å²) < 4.78 is 5.73. The lowest BCUT2D eigenvalue weighted by Gasteiger charge is -2.11. The fourth-order valence-electron chi connectivity index (χ4n) is 2.26. The van der Waals surface area contributed by atoms with E-state index in [0.29, 0.717) is 5.82 Å². The zero-order valence-corrected chi connectivity index (χ0v) is 13.6.